The van der Waals surface area contributed by atoms with Crippen molar-refractivity contribution in [2.75, 3.05) is 12.4 Å². The first-order valence-corrected chi connectivity index (χ1v) is 9.11. The van der Waals surface area contributed by atoms with Gasteiger partial charge in [-0.3, -0.25) is 14.9 Å². The predicted octanol–water partition coefficient (Wildman–Crippen LogP) is 4.43. The third kappa shape index (κ3) is 2.86. The fraction of sp³-hybridized carbons (Fsp3) is 0.250. The van der Waals surface area contributed by atoms with Crippen LogP contribution in [0.2, 0.25) is 5.02 Å². The van der Waals surface area contributed by atoms with Crippen LogP contribution in [-0.4, -0.2) is 17.9 Å². The summed E-state index contributed by atoms with van der Waals surface area (Å²) in [5, 5.41) is 17.8. The number of hydrogen-bond acceptors (Lipinski definition) is 4. The van der Waals surface area contributed by atoms with Gasteiger partial charge in [-0.25, -0.2) is 0 Å². The molecule has 0 spiro atoms. The molecule has 0 saturated heterocycles. The second kappa shape index (κ2) is 6.70. The zero-order chi connectivity index (χ0) is 19.1. The summed E-state index contributed by atoms with van der Waals surface area (Å²) in [6.45, 7) is 0. The number of nitro benzene ring substituents is 1. The fourth-order valence-corrected chi connectivity index (χ4v) is 4.37. The average Bonchev–Trinajstić information content (AvgIpc) is 3.16. The van der Waals surface area contributed by atoms with Gasteiger partial charge in [0.05, 0.1) is 22.2 Å². The number of nitrogens with one attached hydrogen (secondary N) is 2. The number of hydrogen-bond donors (Lipinski definition) is 2. The summed E-state index contributed by atoms with van der Waals surface area (Å²) < 4.78 is 0. The molecule has 2 aromatic carbocycles. The van der Waals surface area contributed by atoms with E-state index < -0.39 is 4.92 Å². The SMILES string of the molecule is CNC(=O)c1cccc2c1NC(c1cc([N+](=O)[O-])ccc1Cl)C1CC=CC21. The number of nitrogens with zero attached hydrogens (tertiary/aromatic N) is 1. The number of amides is 1. The second-order valence-electron chi connectivity index (χ2n) is 6.79. The molecule has 0 bridgehead atoms. The van der Waals surface area contributed by atoms with Crippen LogP contribution >= 0.6 is 11.6 Å². The Labute approximate surface area is 161 Å². The van der Waals surface area contributed by atoms with E-state index in [1.54, 1.807) is 19.2 Å². The number of non-ortho nitro benzene ring substituents is 1. The molecule has 27 heavy (non-hydrogen) atoms. The van der Waals surface area contributed by atoms with Crippen LogP contribution in [0.5, 0.6) is 0 Å². The quantitative estimate of drug-likeness (QED) is 0.466. The average molecular weight is 384 g/mol. The minimum atomic E-state index is -0.420. The minimum Gasteiger partial charge on any atom is -0.377 e. The Bertz CT molecular complexity index is 973. The molecule has 1 aliphatic carbocycles. The van der Waals surface area contributed by atoms with Crippen LogP contribution in [0.1, 0.15) is 39.9 Å². The van der Waals surface area contributed by atoms with Crippen molar-refractivity contribution in [3.05, 3.63) is 80.4 Å². The standard InChI is InChI=1S/C20H18ClN3O3/c1-22-20(25)15-7-3-6-13-12-4-2-5-14(12)19(23-18(13)15)16-10-11(24(26)27)8-9-17(16)21/h2-4,6-10,12,14,19,23H,5H2,1H3,(H,22,25). The van der Waals surface area contributed by atoms with E-state index in [0.29, 0.717) is 16.1 Å². The number of allylic oxidation sites excluding steroid dienone is 2. The van der Waals surface area contributed by atoms with E-state index in [0.717, 1.165) is 17.7 Å². The lowest BCUT2D eigenvalue weighted by molar-refractivity contribution is -0.384. The van der Waals surface area contributed by atoms with Gasteiger partial charge in [0.25, 0.3) is 11.6 Å². The first-order chi connectivity index (χ1) is 13.0. The number of fused-ring (bicyclic) bond motifs is 3. The molecule has 1 heterocycles. The van der Waals surface area contributed by atoms with Gasteiger partial charge in [0, 0.05) is 35.7 Å². The van der Waals surface area contributed by atoms with Gasteiger partial charge in [-0.2, -0.15) is 0 Å². The molecule has 3 unspecified atom stereocenters. The third-order valence-electron chi connectivity index (χ3n) is 5.39. The maximum Gasteiger partial charge on any atom is 0.269 e. The molecule has 2 aliphatic rings. The monoisotopic (exact) mass is 383 g/mol. The van der Waals surface area contributed by atoms with Gasteiger partial charge in [-0.05, 0) is 30.0 Å². The number of rotatable bonds is 3. The van der Waals surface area contributed by atoms with Crippen molar-refractivity contribution >= 4 is 28.9 Å². The van der Waals surface area contributed by atoms with E-state index in [-0.39, 0.29) is 29.5 Å². The van der Waals surface area contributed by atoms with E-state index in [1.807, 2.05) is 12.1 Å². The maximum atomic E-state index is 12.3. The van der Waals surface area contributed by atoms with Crippen molar-refractivity contribution < 1.29 is 9.72 Å². The second-order valence-corrected chi connectivity index (χ2v) is 7.19. The number of nitro groups is 1. The molecule has 2 N–H and O–H groups in total. The summed E-state index contributed by atoms with van der Waals surface area (Å²) in [7, 11) is 1.59. The molecule has 6 nitrogen and oxygen atoms in total. The molecule has 0 saturated carbocycles. The molecular weight excluding hydrogens is 366 g/mol. The van der Waals surface area contributed by atoms with Crippen LogP contribution < -0.4 is 10.6 Å². The van der Waals surface area contributed by atoms with Crippen LogP contribution in [0.25, 0.3) is 0 Å². The van der Waals surface area contributed by atoms with E-state index in [9.17, 15) is 14.9 Å². The zero-order valence-corrected chi connectivity index (χ0v) is 15.4. The Kier molecular flexibility index (Phi) is 4.36. The van der Waals surface area contributed by atoms with Crippen LogP contribution in [0.15, 0.2) is 48.6 Å². The molecule has 7 heteroatoms. The molecule has 4 rings (SSSR count). The number of carbonyl (C=O) groups is 1. The van der Waals surface area contributed by atoms with Crippen LogP contribution in [0.3, 0.4) is 0 Å². The zero-order valence-electron chi connectivity index (χ0n) is 14.6. The van der Waals surface area contributed by atoms with Crippen molar-refractivity contribution in [3.63, 3.8) is 0 Å². The maximum absolute atomic E-state index is 12.3. The highest BCUT2D eigenvalue weighted by molar-refractivity contribution is 6.31. The Morgan fingerprint density at radius 1 is 1.30 bits per heavy atom. The molecule has 3 atom stereocenters. The van der Waals surface area contributed by atoms with Crippen molar-refractivity contribution in [3.8, 4) is 0 Å². The fourth-order valence-electron chi connectivity index (χ4n) is 4.14. The van der Waals surface area contributed by atoms with Crippen molar-refractivity contribution in [1.29, 1.82) is 0 Å². The summed E-state index contributed by atoms with van der Waals surface area (Å²) in [5.41, 5.74) is 3.07. The highest BCUT2D eigenvalue weighted by Gasteiger charge is 2.40. The summed E-state index contributed by atoms with van der Waals surface area (Å²) in [6.07, 6.45) is 5.11. The van der Waals surface area contributed by atoms with Gasteiger partial charge in [0.1, 0.15) is 0 Å². The minimum absolute atomic E-state index is 0.00379. The summed E-state index contributed by atoms with van der Waals surface area (Å²) >= 11 is 6.42. The molecule has 138 valence electrons. The van der Waals surface area contributed by atoms with Crippen molar-refractivity contribution in [1.82, 2.24) is 5.32 Å². The van der Waals surface area contributed by atoms with Gasteiger partial charge in [-0.15, -0.1) is 0 Å². The Morgan fingerprint density at radius 2 is 2.11 bits per heavy atom. The number of halogens is 1. The number of carbonyl (C=O) groups excluding carboxylic acids is 1. The summed E-state index contributed by atoms with van der Waals surface area (Å²) in [5.74, 6) is 0.131. The van der Waals surface area contributed by atoms with Gasteiger partial charge in [0.15, 0.2) is 0 Å². The Balaban J connectivity index is 1.85. The smallest absolute Gasteiger partial charge is 0.269 e. The molecule has 1 amide bonds. The molecule has 0 radical (unpaired) electrons. The van der Waals surface area contributed by atoms with Crippen molar-refractivity contribution in [2.24, 2.45) is 5.92 Å². The van der Waals surface area contributed by atoms with E-state index in [2.05, 4.69) is 22.8 Å². The van der Waals surface area contributed by atoms with Crippen LogP contribution in [0.4, 0.5) is 11.4 Å². The lowest BCUT2D eigenvalue weighted by Gasteiger charge is -2.38. The summed E-state index contributed by atoms with van der Waals surface area (Å²) in [6, 6.07) is 9.95. The predicted molar refractivity (Wildman–Crippen MR) is 104 cm³/mol. The first kappa shape index (κ1) is 17.5. The molecular formula is C20H18ClN3O3. The van der Waals surface area contributed by atoms with E-state index in [4.69, 9.17) is 11.6 Å². The summed E-state index contributed by atoms with van der Waals surface area (Å²) in [4.78, 5) is 23.2. The van der Waals surface area contributed by atoms with Gasteiger partial charge in [-0.1, -0.05) is 35.9 Å². The largest absolute Gasteiger partial charge is 0.377 e. The van der Waals surface area contributed by atoms with E-state index >= 15 is 0 Å². The van der Waals surface area contributed by atoms with E-state index in [1.165, 1.54) is 12.1 Å². The molecule has 0 aromatic heterocycles. The molecule has 2 aromatic rings. The van der Waals surface area contributed by atoms with Gasteiger partial charge < -0.3 is 10.6 Å². The number of benzene rings is 2. The van der Waals surface area contributed by atoms with Gasteiger partial charge >= 0.3 is 0 Å². The Morgan fingerprint density at radius 3 is 2.85 bits per heavy atom. The van der Waals surface area contributed by atoms with Crippen LogP contribution in [0, 0.1) is 16.0 Å². The van der Waals surface area contributed by atoms with Crippen molar-refractivity contribution in [2.45, 2.75) is 18.4 Å². The topological polar surface area (TPSA) is 84.3 Å². The molecule has 1 aliphatic heterocycles. The first-order valence-electron chi connectivity index (χ1n) is 8.73. The Hall–Kier alpha value is -2.86. The number of anilines is 1. The highest BCUT2D eigenvalue weighted by Crippen LogP contribution is 2.51. The lowest BCUT2D eigenvalue weighted by Crippen LogP contribution is -2.31. The normalized spacial score (nSPS) is 22.5. The third-order valence-corrected chi connectivity index (χ3v) is 5.74. The van der Waals surface area contributed by atoms with Crippen LogP contribution in [-0.2, 0) is 0 Å². The highest BCUT2D eigenvalue weighted by atomic mass is 35.5. The lowest BCUT2D eigenvalue weighted by atomic mass is 9.76. The number of para-hydroxylation sites is 1. The van der Waals surface area contributed by atoms with Gasteiger partial charge in [0.2, 0.25) is 0 Å². The molecule has 0 fully saturated rings.